The maximum absolute atomic E-state index is 3.78. The quantitative estimate of drug-likeness (QED) is 0.625. The third-order valence-corrected chi connectivity index (χ3v) is 2.57. The summed E-state index contributed by atoms with van der Waals surface area (Å²) in [6.07, 6.45) is 5.40. The minimum atomic E-state index is 1.01. The van der Waals surface area contributed by atoms with Crippen molar-refractivity contribution in [3.05, 3.63) is 36.7 Å². The van der Waals surface area contributed by atoms with Crippen LogP contribution in [0.4, 0.5) is 0 Å². The first-order chi connectivity index (χ1) is 6.40. The van der Waals surface area contributed by atoms with Gasteiger partial charge in [0, 0.05) is 38.1 Å². The summed E-state index contributed by atoms with van der Waals surface area (Å²) in [4.78, 5) is 2.44. The van der Waals surface area contributed by atoms with E-state index in [9.17, 15) is 0 Å². The Bertz CT molecular complexity index is 288. The highest BCUT2D eigenvalue weighted by Gasteiger charge is 2.11. The largest absolute Gasteiger partial charge is 0.350 e. The summed E-state index contributed by atoms with van der Waals surface area (Å²) in [5.74, 6) is 0. The molecular formula is C11H16N2. The summed E-state index contributed by atoms with van der Waals surface area (Å²) in [5, 5.41) is 0. The van der Waals surface area contributed by atoms with E-state index in [0.717, 1.165) is 19.6 Å². The fourth-order valence-electron chi connectivity index (χ4n) is 1.92. The van der Waals surface area contributed by atoms with Crippen molar-refractivity contribution < 1.29 is 0 Å². The Hall–Kier alpha value is -1.02. The lowest BCUT2D eigenvalue weighted by Gasteiger charge is -2.16. The van der Waals surface area contributed by atoms with Gasteiger partial charge in [-0.25, -0.2) is 0 Å². The molecule has 0 unspecified atom stereocenters. The molecule has 0 atom stereocenters. The molecule has 1 aromatic rings. The summed E-state index contributed by atoms with van der Waals surface area (Å²) in [5.41, 5.74) is 1.43. The Kier molecular flexibility index (Phi) is 2.50. The Balaban J connectivity index is 2.11. The monoisotopic (exact) mass is 176 g/mol. The zero-order valence-electron chi connectivity index (χ0n) is 7.95. The maximum atomic E-state index is 3.78. The molecule has 2 nitrogen and oxygen atoms in total. The third-order valence-electron chi connectivity index (χ3n) is 2.57. The topological polar surface area (TPSA) is 8.17 Å². The second kappa shape index (κ2) is 3.79. The average Bonchev–Trinajstić information content (AvgIpc) is 2.46. The number of aromatic nitrogens is 1. The first-order valence-corrected chi connectivity index (χ1v) is 4.87. The third kappa shape index (κ3) is 1.83. The molecule has 2 heteroatoms. The normalized spacial score (nSPS) is 17.8. The second-order valence-electron chi connectivity index (χ2n) is 3.57. The molecule has 0 N–H and O–H groups in total. The van der Waals surface area contributed by atoms with E-state index in [2.05, 4.69) is 34.4 Å². The highest BCUT2D eigenvalue weighted by atomic mass is 15.2. The van der Waals surface area contributed by atoms with E-state index in [4.69, 9.17) is 0 Å². The van der Waals surface area contributed by atoms with Gasteiger partial charge in [-0.05, 0) is 18.6 Å². The molecule has 1 aliphatic rings. The van der Waals surface area contributed by atoms with Gasteiger partial charge < -0.3 is 4.57 Å². The number of aryl methyl sites for hydroxylation is 1. The molecule has 0 aromatic carbocycles. The van der Waals surface area contributed by atoms with Crippen LogP contribution in [0.2, 0.25) is 0 Å². The first kappa shape index (κ1) is 8.57. The van der Waals surface area contributed by atoms with E-state index in [-0.39, 0.29) is 0 Å². The van der Waals surface area contributed by atoms with Crippen molar-refractivity contribution in [3.63, 3.8) is 0 Å². The molecule has 0 aliphatic carbocycles. The fourth-order valence-corrected chi connectivity index (χ4v) is 1.92. The van der Waals surface area contributed by atoms with E-state index in [0.29, 0.717) is 0 Å². The summed E-state index contributed by atoms with van der Waals surface area (Å²) < 4.78 is 2.35. The van der Waals surface area contributed by atoms with Crippen LogP contribution in [0.15, 0.2) is 31.0 Å². The standard InChI is InChI=1S/C11H16N2/c1-2-6-12-7-4-9-13-8-3-5-11(13)10-12/h2-3,5,8H,1,4,6-7,9-10H2. The van der Waals surface area contributed by atoms with Crippen molar-refractivity contribution in [2.45, 2.75) is 19.5 Å². The highest BCUT2D eigenvalue weighted by molar-refractivity contribution is 5.08. The van der Waals surface area contributed by atoms with Crippen LogP contribution in [-0.4, -0.2) is 22.6 Å². The van der Waals surface area contributed by atoms with Crippen LogP contribution in [-0.2, 0) is 13.1 Å². The lowest BCUT2D eigenvalue weighted by molar-refractivity contribution is 0.299. The molecule has 1 aliphatic heterocycles. The summed E-state index contributed by atoms with van der Waals surface area (Å²) in [6.45, 7) is 8.21. The SMILES string of the molecule is C=CCN1CCCn2cccc2C1. The molecule has 1 aromatic heterocycles. The van der Waals surface area contributed by atoms with Crippen LogP contribution >= 0.6 is 0 Å². The highest BCUT2D eigenvalue weighted by Crippen LogP contribution is 2.12. The Morgan fingerprint density at radius 2 is 2.38 bits per heavy atom. The Labute approximate surface area is 79.5 Å². The summed E-state index contributed by atoms with van der Waals surface area (Å²) in [7, 11) is 0. The van der Waals surface area contributed by atoms with E-state index in [1.807, 2.05) is 6.08 Å². The predicted molar refractivity (Wildman–Crippen MR) is 54.5 cm³/mol. The number of fused-ring (bicyclic) bond motifs is 1. The van der Waals surface area contributed by atoms with Gasteiger partial charge >= 0.3 is 0 Å². The van der Waals surface area contributed by atoms with Crippen LogP contribution in [0, 0.1) is 0 Å². The Morgan fingerprint density at radius 3 is 3.23 bits per heavy atom. The minimum Gasteiger partial charge on any atom is -0.350 e. The zero-order valence-corrected chi connectivity index (χ0v) is 7.95. The molecular weight excluding hydrogens is 160 g/mol. The van der Waals surface area contributed by atoms with Crippen LogP contribution in [0.3, 0.4) is 0 Å². The molecule has 0 amide bonds. The molecule has 0 saturated carbocycles. The van der Waals surface area contributed by atoms with E-state index in [1.54, 1.807) is 0 Å². The second-order valence-corrected chi connectivity index (χ2v) is 3.57. The van der Waals surface area contributed by atoms with Gasteiger partial charge in [0.05, 0.1) is 0 Å². The maximum Gasteiger partial charge on any atom is 0.0390 e. The summed E-state index contributed by atoms with van der Waals surface area (Å²) in [6, 6.07) is 4.34. The van der Waals surface area contributed by atoms with Crippen LogP contribution in [0.25, 0.3) is 0 Å². The molecule has 0 radical (unpaired) electrons. The van der Waals surface area contributed by atoms with Gasteiger partial charge in [-0.1, -0.05) is 6.08 Å². The molecule has 13 heavy (non-hydrogen) atoms. The Morgan fingerprint density at radius 1 is 1.46 bits per heavy atom. The lowest BCUT2D eigenvalue weighted by Crippen LogP contribution is -2.23. The van der Waals surface area contributed by atoms with Crippen molar-refractivity contribution in [2.75, 3.05) is 13.1 Å². The number of rotatable bonds is 2. The summed E-state index contributed by atoms with van der Waals surface area (Å²) >= 11 is 0. The molecule has 0 fully saturated rings. The van der Waals surface area contributed by atoms with E-state index >= 15 is 0 Å². The average molecular weight is 176 g/mol. The van der Waals surface area contributed by atoms with Gasteiger partial charge in [-0.2, -0.15) is 0 Å². The van der Waals surface area contributed by atoms with Gasteiger partial charge in [-0.15, -0.1) is 6.58 Å². The van der Waals surface area contributed by atoms with Crippen molar-refractivity contribution in [1.29, 1.82) is 0 Å². The molecule has 0 saturated heterocycles. The van der Waals surface area contributed by atoms with Gasteiger partial charge in [0.25, 0.3) is 0 Å². The number of nitrogens with zero attached hydrogens (tertiary/aromatic N) is 2. The van der Waals surface area contributed by atoms with Gasteiger partial charge in [0.2, 0.25) is 0 Å². The number of hydrogen-bond acceptors (Lipinski definition) is 1. The van der Waals surface area contributed by atoms with Crippen molar-refractivity contribution in [2.24, 2.45) is 0 Å². The van der Waals surface area contributed by atoms with Crippen molar-refractivity contribution >= 4 is 0 Å². The van der Waals surface area contributed by atoms with E-state index in [1.165, 1.54) is 18.7 Å². The minimum absolute atomic E-state index is 1.01. The van der Waals surface area contributed by atoms with Gasteiger partial charge in [-0.3, -0.25) is 4.90 Å². The van der Waals surface area contributed by atoms with Crippen molar-refractivity contribution in [1.82, 2.24) is 9.47 Å². The predicted octanol–water partition coefficient (Wildman–Crippen LogP) is 1.88. The van der Waals surface area contributed by atoms with Crippen molar-refractivity contribution in [3.8, 4) is 0 Å². The number of hydrogen-bond donors (Lipinski definition) is 0. The van der Waals surface area contributed by atoms with Crippen LogP contribution < -0.4 is 0 Å². The fraction of sp³-hybridized carbons (Fsp3) is 0.455. The molecule has 2 heterocycles. The molecule has 0 bridgehead atoms. The lowest BCUT2D eigenvalue weighted by atomic mass is 10.3. The first-order valence-electron chi connectivity index (χ1n) is 4.87. The zero-order chi connectivity index (χ0) is 9.10. The van der Waals surface area contributed by atoms with Gasteiger partial charge in [0.15, 0.2) is 0 Å². The van der Waals surface area contributed by atoms with Crippen LogP contribution in [0.5, 0.6) is 0 Å². The van der Waals surface area contributed by atoms with Gasteiger partial charge in [0.1, 0.15) is 0 Å². The van der Waals surface area contributed by atoms with Crippen LogP contribution in [0.1, 0.15) is 12.1 Å². The molecule has 0 spiro atoms. The smallest absolute Gasteiger partial charge is 0.0390 e. The molecule has 2 rings (SSSR count). The van der Waals surface area contributed by atoms with E-state index < -0.39 is 0 Å². The molecule has 70 valence electrons.